The molecule has 1 aliphatic heterocycles. The number of nitrogens with one attached hydrogen (secondary N) is 1. The summed E-state index contributed by atoms with van der Waals surface area (Å²) in [6.07, 6.45) is 7.09. The summed E-state index contributed by atoms with van der Waals surface area (Å²) in [6.45, 7) is 8.59. The summed E-state index contributed by atoms with van der Waals surface area (Å²) in [5.74, 6) is 1.73. The molecule has 2 aliphatic rings. The molecule has 1 N–H and O–H groups in total. The van der Waals surface area contributed by atoms with Crippen LogP contribution >= 0.6 is 0 Å². The van der Waals surface area contributed by atoms with E-state index in [0.29, 0.717) is 0 Å². The molecule has 0 radical (unpaired) electrons. The summed E-state index contributed by atoms with van der Waals surface area (Å²) in [5.41, 5.74) is 0. The van der Waals surface area contributed by atoms with E-state index in [9.17, 15) is 0 Å². The van der Waals surface area contributed by atoms with Crippen molar-refractivity contribution in [3.05, 3.63) is 0 Å². The van der Waals surface area contributed by atoms with Crippen LogP contribution < -0.4 is 5.32 Å². The molecule has 2 nitrogen and oxygen atoms in total. The predicted molar refractivity (Wildman–Crippen MR) is 74.2 cm³/mol. The first kappa shape index (κ1) is 13.4. The zero-order valence-electron chi connectivity index (χ0n) is 12.1. The standard InChI is InChI=1S/C15H30N2/c1-11-6-5-7-14(10-11)17-9-8-15(16-4)12(2)13(17)3/h11-16H,5-10H2,1-4H3. The van der Waals surface area contributed by atoms with Crippen molar-refractivity contribution < 1.29 is 0 Å². The summed E-state index contributed by atoms with van der Waals surface area (Å²) in [4.78, 5) is 2.81. The number of likely N-dealkylation sites (tertiary alicyclic amines) is 1. The molecule has 0 bridgehead atoms. The Morgan fingerprint density at radius 3 is 2.47 bits per heavy atom. The Hall–Kier alpha value is -0.0800. The van der Waals surface area contributed by atoms with Crippen LogP contribution in [0.5, 0.6) is 0 Å². The van der Waals surface area contributed by atoms with Gasteiger partial charge in [-0.15, -0.1) is 0 Å². The minimum Gasteiger partial charge on any atom is -0.317 e. The molecule has 1 saturated heterocycles. The molecule has 1 heterocycles. The third-order valence-corrected chi connectivity index (χ3v) is 5.37. The van der Waals surface area contributed by atoms with E-state index in [1.807, 2.05) is 0 Å². The van der Waals surface area contributed by atoms with E-state index in [1.165, 1.54) is 38.6 Å². The van der Waals surface area contributed by atoms with Gasteiger partial charge in [0, 0.05) is 24.7 Å². The van der Waals surface area contributed by atoms with Gasteiger partial charge < -0.3 is 5.32 Å². The molecule has 2 heteroatoms. The predicted octanol–water partition coefficient (Wildman–Crippen LogP) is 2.88. The Balaban J connectivity index is 1.97. The van der Waals surface area contributed by atoms with Crippen LogP contribution in [0.25, 0.3) is 0 Å². The maximum Gasteiger partial charge on any atom is 0.0117 e. The van der Waals surface area contributed by atoms with Gasteiger partial charge in [-0.3, -0.25) is 4.90 Å². The monoisotopic (exact) mass is 238 g/mol. The summed E-state index contributed by atoms with van der Waals surface area (Å²) in [5, 5.41) is 3.49. The molecule has 2 fully saturated rings. The Morgan fingerprint density at radius 2 is 1.82 bits per heavy atom. The van der Waals surface area contributed by atoms with Gasteiger partial charge in [-0.1, -0.05) is 26.7 Å². The first-order valence-corrected chi connectivity index (χ1v) is 7.56. The minimum atomic E-state index is 0.724. The zero-order valence-corrected chi connectivity index (χ0v) is 12.1. The van der Waals surface area contributed by atoms with E-state index in [2.05, 4.69) is 38.0 Å². The molecular weight excluding hydrogens is 208 g/mol. The first-order chi connectivity index (χ1) is 8.13. The van der Waals surface area contributed by atoms with Crippen molar-refractivity contribution in [2.75, 3.05) is 13.6 Å². The molecular formula is C15H30N2. The van der Waals surface area contributed by atoms with E-state index in [-0.39, 0.29) is 0 Å². The first-order valence-electron chi connectivity index (χ1n) is 7.56. The van der Waals surface area contributed by atoms with Crippen molar-refractivity contribution in [1.82, 2.24) is 10.2 Å². The normalized spacial score (nSPS) is 44.8. The second-order valence-electron chi connectivity index (χ2n) is 6.45. The van der Waals surface area contributed by atoms with Crippen LogP contribution in [-0.2, 0) is 0 Å². The van der Waals surface area contributed by atoms with E-state index in [4.69, 9.17) is 0 Å². The fraction of sp³-hybridized carbons (Fsp3) is 1.00. The van der Waals surface area contributed by atoms with E-state index in [1.54, 1.807) is 0 Å². The Labute approximate surface area is 107 Å². The van der Waals surface area contributed by atoms with E-state index < -0.39 is 0 Å². The smallest absolute Gasteiger partial charge is 0.0117 e. The van der Waals surface area contributed by atoms with E-state index in [0.717, 1.165) is 30.0 Å². The Morgan fingerprint density at radius 1 is 1.06 bits per heavy atom. The van der Waals surface area contributed by atoms with Gasteiger partial charge >= 0.3 is 0 Å². The second kappa shape index (κ2) is 5.71. The molecule has 0 aromatic heterocycles. The topological polar surface area (TPSA) is 15.3 Å². The highest BCUT2D eigenvalue weighted by molar-refractivity contribution is 4.92. The largest absolute Gasteiger partial charge is 0.317 e. The number of rotatable bonds is 2. The number of nitrogens with zero attached hydrogens (tertiary/aromatic N) is 1. The third kappa shape index (κ3) is 2.85. The van der Waals surface area contributed by atoms with Crippen LogP contribution in [0.1, 0.15) is 52.9 Å². The molecule has 5 atom stereocenters. The van der Waals surface area contributed by atoms with Crippen molar-refractivity contribution >= 4 is 0 Å². The lowest BCUT2D eigenvalue weighted by Crippen LogP contribution is -2.56. The molecule has 100 valence electrons. The third-order valence-electron chi connectivity index (χ3n) is 5.37. The molecule has 1 saturated carbocycles. The number of hydrogen-bond donors (Lipinski definition) is 1. The van der Waals surface area contributed by atoms with Crippen molar-refractivity contribution in [2.24, 2.45) is 11.8 Å². The molecule has 0 aromatic rings. The van der Waals surface area contributed by atoms with Crippen molar-refractivity contribution in [1.29, 1.82) is 0 Å². The van der Waals surface area contributed by atoms with Crippen LogP contribution in [0.3, 0.4) is 0 Å². The average Bonchev–Trinajstić information content (AvgIpc) is 2.32. The molecule has 2 rings (SSSR count). The maximum atomic E-state index is 3.49. The van der Waals surface area contributed by atoms with Gasteiger partial charge in [0.2, 0.25) is 0 Å². The summed E-state index contributed by atoms with van der Waals surface area (Å²) < 4.78 is 0. The SMILES string of the molecule is CNC1CCN(C2CCCC(C)C2)C(C)C1C. The lowest BCUT2D eigenvalue weighted by atomic mass is 9.81. The van der Waals surface area contributed by atoms with Crippen molar-refractivity contribution in [3.63, 3.8) is 0 Å². The molecule has 1 aliphatic carbocycles. The highest BCUT2D eigenvalue weighted by Crippen LogP contribution is 2.33. The molecule has 5 unspecified atom stereocenters. The lowest BCUT2D eigenvalue weighted by molar-refractivity contribution is 0.0257. The zero-order chi connectivity index (χ0) is 12.4. The van der Waals surface area contributed by atoms with Crippen LogP contribution in [0, 0.1) is 11.8 Å². The van der Waals surface area contributed by atoms with Crippen LogP contribution in [-0.4, -0.2) is 36.6 Å². The summed E-state index contributed by atoms with van der Waals surface area (Å²) >= 11 is 0. The Bertz CT molecular complexity index is 241. The highest BCUT2D eigenvalue weighted by Gasteiger charge is 2.36. The van der Waals surface area contributed by atoms with Crippen LogP contribution in [0.15, 0.2) is 0 Å². The fourth-order valence-corrected chi connectivity index (χ4v) is 4.02. The molecule has 0 aromatic carbocycles. The Kier molecular flexibility index (Phi) is 4.48. The van der Waals surface area contributed by atoms with Gasteiger partial charge in [-0.25, -0.2) is 0 Å². The van der Waals surface area contributed by atoms with Crippen LogP contribution in [0.2, 0.25) is 0 Å². The van der Waals surface area contributed by atoms with Gasteiger partial charge in [0.25, 0.3) is 0 Å². The van der Waals surface area contributed by atoms with Gasteiger partial charge in [0.1, 0.15) is 0 Å². The quantitative estimate of drug-likeness (QED) is 0.796. The lowest BCUT2D eigenvalue weighted by Gasteiger charge is -2.48. The van der Waals surface area contributed by atoms with Crippen LogP contribution in [0.4, 0.5) is 0 Å². The van der Waals surface area contributed by atoms with Gasteiger partial charge in [-0.05, 0) is 45.1 Å². The van der Waals surface area contributed by atoms with Gasteiger partial charge in [0.05, 0.1) is 0 Å². The fourth-order valence-electron chi connectivity index (χ4n) is 4.02. The number of hydrogen-bond acceptors (Lipinski definition) is 2. The molecule has 0 amide bonds. The minimum absolute atomic E-state index is 0.724. The molecule has 17 heavy (non-hydrogen) atoms. The second-order valence-corrected chi connectivity index (χ2v) is 6.45. The maximum absolute atomic E-state index is 3.49. The van der Waals surface area contributed by atoms with E-state index >= 15 is 0 Å². The highest BCUT2D eigenvalue weighted by atomic mass is 15.2. The average molecular weight is 238 g/mol. The van der Waals surface area contributed by atoms with Crippen molar-refractivity contribution in [3.8, 4) is 0 Å². The summed E-state index contributed by atoms with van der Waals surface area (Å²) in [6, 6.07) is 2.34. The van der Waals surface area contributed by atoms with Gasteiger partial charge in [0.15, 0.2) is 0 Å². The summed E-state index contributed by atoms with van der Waals surface area (Å²) in [7, 11) is 2.12. The van der Waals surface area contributed by atoms with Gasteiger partial charge in [-0.2, -0.15) is 0 Å². The van der Waals surface area contributed by atoms with Crippen molar-refractivity contribution in [2.45, 2.75) is 71.0 Å². The molecule has 0 spiro atoms. The number of piperidine rings is 1.